The minimum atomic E-state index is -1.04. The first-order valence-electron chi connectivity index (χ1n) is 12.0. The van der Waals surface area contributed by atoms with E-state index in [1.54, 1.807) is 36.1 Å². The fourth-order valence-electron chi connectivity index (χ4n) is 7.98. The Morgan fingerprint density at radius 3 is 2.66 bits per heavy atom. The molecule has 3 saturated heterocycles. The highest BCUT2D eigenvalue weighted by atomic mass is 16.6. The van der Waals surface area contributed by atoms with Gasteiger partial charge in [0.2, 0.25) is 11.8 Å². The zero-order valence-electron chi connectivity index (χ0n) is 20.1. The Labute approximate surface area is 202 Å². The molecule has 1 saturated carbocycles. The lowest BCUT2D eigenvalue weighted by atomic mass is 9.34. The third-order valence-corrected chi connectivity index (χ3v) is 9.44. The number of benzene rings is 1. The van der Waals surface area contributed by atoms with E-state index >= 15 is 0 Å². The SMILES string of the molecule is C/C=C\c1c(OC)ccc(C2=CC34NC(=O)C56CCCN5C(=O)C36CC4C(C)(C)C2=O)c1[N+](=O)[O-]. The summed E-state index contributed by atoms with van der Waals surface area (Å²) in [4.78, 5) is 54.4. The Hall–Kier alpha value is -3.49. The molecule has 9 heteroatoms. The first-order chi connectivity index (χ1) is 16.5. The van der Waals surface area contributed by atoms with Crippen LogP contribution in [-0.2, 0) is 14.4 Å². The molecule has 1 N–H and O–H groups in total. The van der Waals surface area contributed by atoms with Crippen molar-refractivity contribution in [1.82, 2.24) is 10.2 Å². The molecule has 0 aromatic heterocycles. The molecule has 3 aliphatic heterocycles. The van der Waals surface area contributed by atoms with Crippen LogP contribution in [0, 0.1) is 26.9 Å². The van der Waals surface area contributed by atoms with Crippen molar-refractivity contribution in [3.63, 3.8) is 0 Å². The number of Topliss-reactive ketones (excluding diaryl/α,β-unsaturated/α-hetero) is 1. The van der Waals surface area contributed by atoms with Gasteiger partial charge in [-0.15, -0.1) is 0 Å². The molecule has 4 fully saturated rings. The van der Waals surface area contributed by atoms with Crippen molar-refractivity contribution in [2.45, 2.75) is 51.1 Å². The van der Waals surface area contributed by atoms with E-state index in [4.69, 9.17) is 4.74 Å². The van der Waals surface area contributed by atoms with Crippen LogP contribution in [0.5, 0.6) is 5.75 Å². The molecule has 1 aromatic rings. The van der Waals surface area contributed by atoms with Crippen LogP contribution in [-0.4, -0.2) is 52.2 Å². The second-order valence-electron chi connectivity index (χ2n) is 10.8. The number of nitrogens with zero attached hydrogens (tertiary/aromatic N) is 2. The van der Waals surface area contributed by atoms with Crippen molar-refractivity contribution in [2.24, 2.45) is 16.7 Å². The molecule has 6 rings (SSSR count). The van der Waals surface area contributed by atoms with Gasteiger partial charge < -0.3 is 15.0 Å². The summed E-state index contributed by atoms with van der Waals surface area (Å²) in [5, 5.41) is 15.5. The summed E-state index contributed by atoms with van der Waals surface area (Å²) in [5.41, 5.74) is -3.40. The molecular formula is C26H27N3O6. The van der Waals surface area contributed by atoms with E-state index in [9.17, 15) is 24.5 Å². The lowest BCUT2D eigenvalue weighted by Crippen LogP contribution is -2.87. The molecule has 3 spiro atoms. The van der Waals surface area contributed by atoms with Crippen LogP contribution in [0.3, 0.4) is 0 Å². The average Bonchev–Trinajstić information content (AvgIpc) is 3.25. The van der Waals surface area contributed by atoms with Crippen molar-refractivity contribution in [2.75, 3.05) is 13.7 Å². The Morgan fingerprint density at radius 1 is 1.26 bits per heavy atom. The monoisotopic (exact) mass is 477 g/mol. The van der Waals surface area contributed by atoms with E-state index in [0.717, 1.165) is 6.42 Å². The summed E-state index contributed by atoms with van der Waals surface area (Å²) in [6.45, 7) is 5.94. The molecule has 4 atom stereocenters. The second kappa shape index (κ2) is 6.38. The third kappa shape index (κ3) is 2.03. The summed E-state index contributed by atoms with van der Waals surface area (Å²) >= 11 is 0. The summed E-state index contributed by atoms with van der Waals surface area (Å²) < 4.78 is 5.36. The van der Waals surface area contributed by atoms with Gasteiger partial charge in [-0.2, -0.15) is 0 Å². The van der Waals surface area contributed by atoms with Crippen molar-refractivity contribution in [1.29, 1.82) is 0 Å². The van der Waals surface area contributed by atoms with Crippen LogP contribution < -0.4 is 10.1 Å². The highest BCUT2D eigenvalue weighted by Gasteiger charge is 2.93. The van der Waals surface area contributed by atoms with E-state index in [1.807, 2.05) is 13.8 Å². The minimum Gasteiger partial charge on any atom is -0.496 e. The number of rotatable bonds is 4. The number of carbonyl (C=O) groups is 3. The lowest BCUT2D eigenvalue weighted by Gasteiger charge is -2.72. The summed E-state index contributed by atoms with van der Waals surface area (Å²) in [7, 11) is 1.44. The van der Waals surface area contributed by atoms with Gasteiger partial charge in [0.15, 0.2) is 5.78 Å². The highest BCUT2D eigenvalue weighted by Crippen LogP contribution is 2.78. The van der Waals surface area contributed by atoms with Gasteiger partial charge in [-0.1, -0.05) is 19.9 Å². The first-order valence-corrected chi connectivity index (χ1v) is 12.0. The number of nitro benzene ring substituents is 1. The van der Waals surface area contributed by atoms with Crippen molar-refractivity contribution in [3.8, 4) is 5.75 Å². The Balaban J connectivity index is 1.62. The van der Waals surface area contributed by atoms with Gasteiger partial charge in [-0.25, -0.2) is 0 Å². The number of allylic oxidation sites excluding steroid dienone is 2. The number of carbonyl (C=O) groups excluding carboxylic acids is 3. The number of β-lactam (4-membered cyclic amide) rings is 1. The zero-order chi connectivity index (χ0) is 25.1. The van der Waals surface area contributed by atoms with E-state index in [-0.39, 0.29) is 45.9 Å². The predicted octanol–water partition coefficient (Wildman–Crippen LogP) is 2.88. The molecule has 9 nitrogen and oxygen atoms in total. The number of nitrogens with one attached hydrogen (secondary N) is 1. The van der Waals surface area contributed by atoms with Crippen LogP contribution >= 0.6 is 0 Å². The minimum absolute atomic E-state index is 0.0517. The quantitative estimate of drug-likeness (QED) is 0.405. The molecule has 1 aromatic carbocycles. The number of hydrogen-bond acceptors (Lipinski definition) is 6. The van der Waals surface area contributed by atoms with Crippen LogP contribution in [0.15, 0.2) is 24.3 Å². The Bertz CT molecular complexity index is 1330. The Kier molecular flexibility index (Phi) is 4.01. The van der Waals surface area contributed by atoms with Gasteiger partial charge in [0.1, 0.15) is 16.7 Å². The van der Waals surface area contributed by atoms with E-state index < -0.39 is 26.8 Å². The van der Waals surface area contributed by atoms with Gasteiger partial charge in [0, 0.05) is 23.5 Å². The third-order valence-electron chi connectivity index (χ3n) is 9.44. The smallest absolute Gasteiger partial charge is 0.288 e. The molecule has 0 bridgehead atoms. The summed E-state index contributed by atoms with van der Waals surface area (Å²) in [6.07, 6.45) is 6.76. The van der Waals surface area contributed by atoms with E-state index in [2.05, 4.69) is 5.32 Å². The van der Waals surface area contributed by atoms with Crippen LogP contribution in [0.4, 0.5) is 5.69 Å². The predicted molar refractivity (Wildman–Crippen MR) is 126 cm³/mol. The summed E-state index contributed by atoms with van der Waals surface area (Å²) in [6, 6.07) is 3.14. The van der Waals surface area contributed by atoms with Gasteiger partial charge in [-0.3, -0.25) is 24.5 Å². The average molecular weight is 478 g/mol. The molecule has 2 amide bonds. The number of ketones is 1. The Morgan fingerprint density at radius 2 is 2.00 bits per heavy atom. The maximum Gasteiger partial charge on any atom is 0.288 e. The number of amides is 2. The van der Waals surface area contributed by atoms with E-state index in [0.29, 0.717) is 25.1 Å². The molecule has 182 valence electrons. The molecule has 3 heterocycles. The number of hydrogen-bond donors (Lipinski definition) is 1. The van der Waals surface area contributed by atoms with Gasteiger partial charge in [0.25, 0.3) is 5.69 Å². The topological polar surface area (TPSA) is 119 Å². The number of ether oxygens (including phenoxy) is 1. The number of methoxy groups -OCH3 is 1. The maximum atomic E-state index is 13.9. The fourth-order valence-corrected chi connectivity index (χ4v) is 7.98. The molecule has 0 radical (unpaired) electrons. The molecular weight excluding hydrogens is 450 g/mol. The highest BCUT2D eigenvalue weighted by molar-refractivity contribution is 6.27. The molecule has 5 aliphatic rings. The zero-order valence-corrected chi connectivity index (χ0v) is 20.1. The summed E-state index contributed by atoms with van der Waals surface area (Å²) in [5.74, 6) is -0.399. The van der Waals surface area contributed by atoms with Crippen molar-refractivity contribution < 1.29 is 24.0 Å². The van der Waals surface area contributed by atoms with Crippen LogP contribution in [0.25, 0.3) is 11.6 Å². The van der Waals surface area contributed by atoms with Gasteiger partial charge in [0.05, 0.1) is 28.7 Å². The van der Waals surface area contributed by atoms with Crippen molar-refractivity contribution in [3.05, 3.63) is 45.5 Å². The normalized spacial score (nSPS) is 35.9. The van der Waals surface area contributed by atoms with Crippen LogP contribution in [0.2, 0.25) is 0 Å². The molecule has 4 unspecified atom stereocenters. The first kappa shape index (κ1) is 22.0. The maximum absolute atomic E-state index is 13.9. The standard InChI is InChI=1S/C26H27N3O6/c1-5-7-15-17(35-4)9-8-14(19(15)29(33)34)16-12-25-18(23(2,3)20(16)30)13-24(25)22(32)28-11-6-10-26(24,28)21(31)27-25/h5,7-9,12,18H,6,10-11,13H2,1-4H3,(H,27,31)/b7-5-. The van der Waals surface area contributed by atoms with E-state index in [1.165, 1.54) is 13.2 Å². The van der Waals surface area contributed by atoms with Crippen LogP contribution in [0.1, 0.15) is 51.2 Å². The fraction of sp³-hybridized carbons (Fsp3) is 0.500. The number of nitro groups is 1. The second-order valence-corrected chi connectivity index (χ2v) is 10.8. The molecule has 2 aliphatic carbocycles. The van der Waals surface area contributed by atoms with Gasteiger partial charge in [-0.05, 0) is 50.5 Å². The van der Waals surface area contributed by atoms with Crippen molar-refractivity contribution >= 4 is 34.9 Å². The lowest BCUT2D eigenvalue weighted by molar-refractivity contribution is -0.385. The largest absolute Gasteiger partial charge is 0.496 e. The molecule has 35 heavy (non-hydrogen) atoms. The van der Waals surface area contributed by atoms with Gasteiger partial charge >= 0.3 is 0 Å².